The molecular weight excluding hydrogens is 328 g/mol. The average molecular weight is 344 g/mol. The molecule has 0 saturated heterocycles. The predicted molar refractivity (Wildman–Crippen MR) is 97.9 cm³/mol. The van der Waals surface area contributed by atoms with E-state index >= 15 is 0 Å². The zero-order valence-electron chi connectivity index (χ0n) is 12.3. The highest BCUT2D eigenvalue weighted by Gasteiger charge is 2.20. The van der Waals surface area contributed by atoms with Crippen LogP contribution in [-0.2, 0) is 16.0 Å². The molecule has 0 amide bonds. The molecule has 0 heterocycles. The van der Waals surface area contributed by atoms with Gasteiger partial charge in [0.2, 0.25) is 5.12 Å². The highest BCUT2D eigenvalue weighted by atomic mass is 32.2. The molecule has 1 N–H and O–H groups in total. The average Bonchev–Trinajstić information content (AvgIpc) is 2.59. The number of carboxylic acid groups (broad SMARTS) is 1. The minimum Gasteiger partial charge on any atom is -0.480 e. The van der Waals surface area contributed by atoms with Gasteiger partial charge in [-0.25, -0.2) is 0 Å². The van der Waals surface area contributed by atoms with Crippen LogP contribution < -0.4 is 0 Å². The summed E-state index contributed by atoms with van der Waals surface area (Å²) in [6.07, 6.45) is 0.989. The lowest BCUT2D eigenvalue weighted by Crippen LogP contribution is -2.19. The largest absolute Gasteiger partial charge is 0.480 e. The van der Waals surface area contributed by atoms with E-state index in [4.69, 9.17) is 5.11 Å². The van der Waals surface area contributed by atoms with Crippen LogP contribution in [0.5, 0.6) is 0 Å². The van der Waals surface area contributed by atoms with Crippen molar-refractivity contribution in [2.24, 2.45) is 0 Å². The summed E-state index contributed by atoms with van der Waals surface area (Å²) >= 11 is 5.30. The van der Waals surface area contributed by atoms with Gasteiger partial charge in [0.15, 0.2) is 0 Å². The molecule has 1 unspecified atom stereocenters. The molecule has 118 valence electrons. The van der Waals surface area contributed by atoms with E-state index in [0.717, 1.165) is 33.8 Å². The number of hydrogen-bond acceptors (Lipinski definition) is 4. The first-order chi connectivity index (χ1) is 11.1. The number of thioether (sulfide) groups is 1. The summed E-state index contributed by atoms with van der Waals surface area (Å²) in [5.74, 6) is -0.985. The number of benzene rings is 2. The van der Waals surface area contributed by atoms with E-state index in [1.807, 2.05) is 54.6 Å². The lowest BCUT2D eigenvalue weighted by atomic mass is 10.0. The topological polar surface area (TPSA) is 54.4 Å². The quantitative estimate of drug-likeness (QED) is 0.770. The fourth-order valence-electron chi connectivity index (χ4n) is 2.19. The van der Waals surface area contributed by atoms with Crippen LogP contribution >= 0.6 is 24.0 Å². The standard InChI is InChI=1S/C18H16O3S2/c19-17(12-22)23-16(18(20)21)11-8-13-6-9-15(10-7-13)14-4-2-1-3-5-14/h1-7,9-10,12,16H,8,11H2,(H,20,21). The van der Waals surface area contributed by atoms with Gasteiger partial charge in [0.05, 0.1) is 5.37 Å². The van der Waals surface area contributed by atoms with Gasteiger partial charge in [-0.1, -0.05) is 78.6 Å². The Morgan fingerprint density at radius 3 is 2.22 bits per heavy atom. The van der Waals surface area contributed by atoms with Crippen LogP contribution in [0, 0.1) is 0 Å². The van der Waals surface area contributed by atoms with Gasteiger partial charge in [0, 0.05) is 0 Å². The van der Waals surface area contributed by atoms with Gasteiger partial charge in [-0.15, -0.1) is 0 Å². The SMILES string of the molecule is O=C(C=S)SC(CCc1ccc(-c2ccccc2)cc1)C(=O)O. The zero-order valence-corrected chi connectivity index (χ0v) is 14.0. The third kappa shape index (κ3) is 5.30. The number of thiocarbonyl (C=S) groups is 1. The summed E-state index contributed by atoms with van der Waals surface area (Å²) in [6, 6.07) is 18.1. The summed E-state index contributed by atoms with van der Waals surface area (Å²) in [7, 11) is 0. The third-order valence-corrected chi connectivity index (χ3v) is 4.82. The van der Waals surface area contributed by atoms with Crippen LogP contribution in [0.1, 0.15) is 12.0 Å². The number of carboxylic acids is 1. The first kappa shape index (κ1) is 17.4. The van der Waals surface area contributed by atoms with Gasteiger partial charge in [0.25, 0.3) is 0 Å². The minimum absolute atomic E-state index is 0.383. The Kier molecular flexibility index (Phi) is 6.50. The maximum absolute atomic E-state index is 11.3. The number of hydrogen-bond donors (Lipinski definition) is 1. The molecule has 0 aliphatic rings. The van der Waals surface area contributed by atoms with Gasteiger partial charge in [-0.3, -0.25) is 9.59 Å². The molecule has 0 aromatic heterocycles. The highest BCUT2D eigenvalue weighted by molar-refractivity contribution is 8.17. The molecule has 2 rings (SSSR count). The van der Waals surface area contributed by atoms with Crippen molar-refractivity contribution < 1.29 is 14.7 Å². The summed E-state index contributed by atoms with van der Waals surface area (Å²) in [6.45, 7) is 0. The van der Waals surface area contributed by atoms with Gasteiger partial charge in [-0.2, -0.15) is 0 Å². The van der Waals surface area contributed by atoms with Crippen molar-refractivity contribution in [2.75, 3.05) is 0 Å². The van der Waals surface area contributed by atoms with Gasteiger partial charge >= 0.3 is 5.97 Å². The van der Waals surface area contributed by atoms with Crippen LogP contribution in [0.15, 0.2) is 54.6 Å². The maximum atomic E-state index is 11.3. The molecule has 3 nitrogen and oxygen atoms in total. The second kappa shape index (κ2) is 8.60. The third-order valence-electron chi connectivity index (χ3n) is 3.39. The summed E-state index contributed by atoms with van der Waals surface area (Å²) < 4.78 is 0. The first-order valence-electron chi connectivity index (χ1n) is 7.13. The molecule has 0 aliphatic heterocycles. The van der Waals surface area contributed by atoms with E-state index in [2.05, 4.69) is 12.2 Å². The Morgan fingerprint density at radius 2 is 1.65 bits per heavy atom. The van der Waals surface area contributed by atoms with Gasteiger partial charge in [0.1, 0.15) is 5.25 Å². The molecule has 0 saturated carbocycles. The predicted octanol–water partition coefficient (Wildman–Crippen LogP) is 4.00. The first-order valence-corrected chi connectivity index (χ1v) is 8.48. The van der Waals surface area contributed by atoms with Crippen molar-refractivity contribution in [1.82, 2.24) is 0 Å². The second-order valence-corrected chi connectivity index (χ2v) is 6.43. The molecule has 1 atom stereocenters. The Balaban J connectivity index is 1.99. The van der Waals surface area contributed by atoms with Gasteiger partial charge < -0.3 is 5.11 Å². The fraction of sp³-hybridized carbons (Fsp3) is 0.167. The molecule has 0 spiro atoms. The van der Waals surface area contributed by atoms with Crippen LogP contribution in [-0.4, -0.2) is 26.8 Å². The Morgan fingerprint density at radius 1 is 1.04 bits per heavy atom. The molecule has 0 radical (unpaired) electrons. The van der Waals surface area contributed by atoms with E-state index in [-0.39, 0.29) is 5.12 Å². The number of aryl methyl sites for hydroxylation is 1. The van der Waals surface area contributed by atoms with E-state index in [9.17, 15) is 9.59 Å². The highest BCUT2D eigenvalue weighted by Crippen LogP contribution is 2.22. The van der Waals surface area contributed by atoms with Gasteiger partial charge in [-0.05, 0) is 29.5 Å². The molecule has 5 heteroatoms. The summed E-state index contributed by atoms with van der Waals surface area (Å²) in [4.78, 5) is 22.5. The van der Waals surface area contributed by atoms with Crippen LogP contribution in [0.4, 0.5) is 0 Å². The number of carbonyl (C=O) groups excluding carboxylic acids is 1. The fourth-order valence-corrected chi connectivity index (χ4v) is 3.03. The lowest BCUT2D eigenvalue weighted by Gasteiger charge is -2.10. The smallest absolute Gasteiger partial charge is 0.317 e. The second-order valence-electron chi connectivity index (χ2n) is 4.98. The van der Waals surface area contributed by atoms with E-state index < -0.39 is 11.2 Å². The van der Waals surface area contributed by atoms with Crippen molar-refractivity contribution >= 4 is 40.4 Å². The van der Waals surface area contributed by atoms with Crippen molar-refractivity contribution in [1.29, 1.82) is 0 Å². The zero-order chi connectivity index (χ0) is 16.7. The molecular formula is C18H16O3S2. The van der Waals surface area contributed by atoms with E-state index in [1.54, 1.807) is 0 Å². The van der Waals surface area contributed by atoms with Crippen LogP contribution in [0.3, 0.4) is 0 Å². The molecule has 2 aromatic rings. The molecule has 23 heavy (non-hydrogen) atoms. The van der Waals surface area contributed by atoms with E-state index in [0.29, 0.717) is 12.8 Å². The Labute approximate surface area is 144 Å². The summed E-state index contributed by atoms with van der Waals surface area (Å²) in [5, 5.41) is 9.00. The normalized spacial score (nSPS) is 11.7. The lowest BCUT2D eigenvalue weighted by molar-refractivity contribution is -0.136. The number of carbonyl (C=O) groups is 2. The van der Waals surface area contributed by atoms with Crippen molar-refractivity contribution in [3.05, 3.63) is 60.2 Å². The molecule has 0 bridgehead atoms. The van der Waals surface area contributed by atoms with Crippen molar-refractivity contribution in [2.45, 2.75) is 18.1 Å². The number of aliphatic carboxylic acids is 1. The summed E-state index contributed by atoms with van der Waals surface area (Å²) in [5.41, 5.74) is 3.31. The van der Waals surface area contributed by atoms with Crippen LogP contribution in [0.2, 0.25) is 0 Å². The van der Waals surface area contributed by atoms with E-state index in [1.165, 1.54) is 0 Å². The molecule has 2 aromatic carbocycles. The number of rotatable bonds is 7. The van der Waals surface area contributed by atoms with Crippen LogP contribution in [0.25, 0.3) is 11.1 Å². The minimum atomic E-state index is -0.985. The maximum Gasteiger partial charge on any atom is 0.317 e. The Bertz CT molecular complexity index is 681. The van der Waals surface area contributed by atoms with Crippen molar-refractivity contribution in [3.63, 3.8) is 0 Å². The molecule has 0 fully saturated rings. The molecule has 0 aliphatic carbocycles. The Hall–Kier alpha value is -1.98. The monoisotopic (exact) mass is 344 g/mol. The van der Waals surface area contributed by atoms with Crippen molar-refractivity contribution in [3.8, 4) is 11.1 Å².